The fraction of sp³-hybridized carbons (Fsp3) is 0.333. The van der Waals surface area contributed by atoms with E-state index in [0.29, 0.717) is 12.0 Å². The van der Waals surface area contributed by atoms with Crippen LogP contribution < -0.4 is 10.1 Å². The van der Waals surface area contributed by atoms with Gasteiger partial charge in [-0.15, -0.1) is 0 Å². The average molecular weight is 302 g/mol. The second-order valence-corrected chi connectivity index (χ2v) is 6.20. The van der Waals surface area contributed by atoms with Crippen molar-refractivity contribution in [1.82, 2.24) is 0 Å². The highest BCUT2D eigenvalue weighted by Crippen LogP contribution is 2.40. The van der Waals surface area contributed by atoms with Gasteiger partial charge in [-0.3, -0.25) is 0 Å². The van der Waals surface area contributed by atoms with Crippen LogP contribution in [0.4, 0.5) is 5.69 Å². The zero-order chi connectivity index (χ0) is 14.8. The molecule has 0 radical (unpaired) electrons. The molecule has 3 heteroatoms. The van der Waals surface area contributed by atoms with Crippen molar-refractivity contribution < 1.29 is 4.74 Å². The van der Waals surface area contributed by atoms with E-state index in [1.807, 2.05) is 18.2 Å². The summed E-state index contributed by atoms with van der Waals surface area (Å²) in [4.78, 5) is 0. The SMILES string of the molecule is COc1ccc(Cl)cc1NC1CC(c2cccc(C)c2)C1. The van der Waals surface area contributed by atoms with E-state index >= 15 is 0 Å². The van der Waals surface area contributed by atoms with E-state index in [-0.39, 0.29) is 0 Å². The van der Waals surface area contributed by atoms with Gasteiger partial charge in [-0.25, -0.2) is 0 Å². The van der Waals surface area contributed by atoms with Gasteiger partial charge in [0.05, 0.1) is 12.8 Å². The molecule has 0 saturated heterocycles. The lowest BCUT2D eigenvalue weighted by Crippen LogP contribution is -2.34. The second kappa shape index (κ2) is 5.98. The molecule has 1 saturated carbocycles. The fourth-order valence-electron chi connectivity index (χ4n) is 2.94. The Kier molecular flexibility index (Phi) is 4.07. The third kappa shape index (κ3) is 3.16. The summed E-state index contributed by atoms with van der Waals surface area (Å²) in [6.07, 6.45) is 2.30. The Balaban J connectivity index is 1.64. The predicted octanol–water partition coefficient (Wildman–Crippen LogP) is 5.02. The lowest BCUT2D eigenvalue weighted by atomic mass is 9.75. The Morgan fingerprint density at radius 2 is 1.95 bits per heavy atom. The van der Waals surface area contributed by atoms with Crippen molar-refractivity contribution >= 4 is 17.3 Å². The van der Waals surface area contributed by atoms with Crippen molar-refractivity contribution in [3.05, 3.63) is 58.6 Å². The molecule has 0 aromatic heterocycles. The average Bonchev–Trinajstić information content (AvgIpc) is 2.42. The molecule has 0 heterocycles. The molecule has 3 rings (SSSR count). The molecular weight excluding hydrogens is 282 g/mol. The van der Waals surface area contributed by atoms with Crippen LogP contribution >= 0.6 is 11.6 Å². The normalized spacial score (nSPS) is 20.7. The van der Waals surface area contributed by atoms with Crippen LogP contribution in [0.2, 0.25) is 5.02 Å². The van der Waals surface area contributed by atoms with Crippen LogP contribution in [0.1, 0.15) is 29.9 Å². The van der Waals surface area contributed by atoms with Crippen molar-refractivity contribution in [2.24, 2.45) is 0 Å². The highest BCUT2D eigenvalue weighted by atomic mass is 35.5. The summed E-state index contributed by atoms with van der Waals surface area (Å²) in [6.45, 7) is 2.15. The molecule has 0 bridgehead atoms. The molecule has 110 valence electrons. The maximum absolute atomic E-state index is 6.06. The molecule has 0 spiro atoms. The van der Waals surface area contributed by atoms with E-state index in [2.05, 4.69) is 36.5 Å². The van der Waals surface area contributed by atoms with Gasteiger partial charge < -0.3 is 10.1 Å². The lowest BCUT2D eigenvalue weighted by molar-refractivity contribution is 0.370. The Labute approximate surface area is 131 Å². The molecule has 1 aliphatic rings. The van der Waals surface area contributed by atoms with Crippen LogP contribution in [-0.4, -0.2) is 13.2 Å². The Bertz CT molecular complexity index is 635. The minimum absolute atomic E-state index is 0.489. The predicted molar refractivity (Wildman–Crippen MR) is 88.6 cm³/mol. The van der Waals surface area contributed by atoms with Crippen LogP contribution in [0.3, 0.4) is 0 Å². The molecule has 2 nitrogen and oxygen atoms in total. The van der Waals surface area contributed by atoms with Crippen molar-refractivity contribution in [2.45, 2.75) is 31.7 Å². The molecule has 0 aliphatic heterocycles. The van der Waals surface area contributed by atoms with Gasteiger partial charge in [-0.2, -0.15) is 0 Å². The van der Waals surface area contributed by atoms with Crippen LogP contribution in [0.5, 0.6) is 5.75 Å². The van der Waals surface area contributed by atoms with Gasteiger partial charge in [0.15, 0.2) is 0 Å². The van der Waals surface area contributed by atoms with Crippen LogP contribution in [0.15, 0.2) is 42.5 Å². The Morgan fingerprint density at radius 3 is 2.67 bits per heavy atom. The molecule has 2 aromatic rings. The highest BCUT2D eigenvalue weighted by Gasteiger charge is 2.30. The fourth-order valence-corrected chi connectivity index (χ4v) is 3.12. The van der Waals surface area contributed by atoms with Gasteiger partial charge in [0, 0.05) is 11.1 Å². The minimum Gasteiger partial charge on any atom is -0.495 e. The summed E-state index contributed by atoms with van der Waals surface area (Å²) in [5.41, 5.74) is 3.77. The van der Waals surface area contributed by atoms with Crippen molar-refractivity contribution in [2.75, 3.05) is 12.4 Å². The molecule has 2 aromatic carbocycles. The number of benzene rings is 2. The molecule has 0 amide bonds. The maximum Gasteiger partial charge on any atom is 0.142 e. The first kappa shape index (κ1) is 14.3. The number of aryl methyl sites for hydroxylation is 1. The van der Waals surface area contributed by atoms with E-state index in [0.717, 1.165) is 29.3 Å². The van der Waals surface area contributed by atoms with Crippen LogP contribution in [-0.2, 0) is 0 Å². The molecule has 1 aliphatic carbocycles. The van der Waals surface area contributed by atoms with Gasteiger partial charge in [0.1, 0.15) is 5.75 Å². The van der Waals surface area contributed by atoms with E-state index < -0.39 is 0 Å². The van der Waals surface area contributed by atoms with E-state index in [1.54, 1.807) is 7.11 Å². The molecule has 0 atom stereocenters. The van der Waals surface area contributed by atoms with Crippen molar-refractivity contribution in [3.8, 4) is 5.75 Å². The molecule has 21 heavy (non-hydrogen) atoms. The maximum atomic E-state index is 6.06. The summed E-state index contributed by atoms with van der Waals surface area (Å²) >= 11 is 6.06. The first-order valence-electron chi connectivity index (χ1n) is 7.32. The van der Waals surface area contributed by atoms with Crippen molar-refractivity contribution in [1.29, 1.82) is 0 Å². The van der Waals surface area contributed by atoms with Crippen molar-refractivity contribution in [3.63, 3.8) is 0 Å². The number of nitrogens with one attached hydrogen (secondary N) is 1. The number of hydrogen-bond donors (Lipinski definition) is 1. The number of anilines is 1. The number of hydrogen-bond acceptors (Lipinski definition) is 2. The number of methoxy groups -OCH3 is 1. The number of halogens is 1. The van der Waals surface area contributed by atoms with Gasteiger partial charge in [-0.1, -0.05) is 41.4 Å². The lowest BCUT2D eigenvalue weighted by Gasteiger charge is -2.37. The summed E-state index contributed by atoms with van der Waals surface area (Å²) in [6, 6.07) is 15.0. The zero-order valence-electron chi connectivity index (χ0n) is 12.4. The minimum atomic E-state index is 0.489. The first-order chi connectivity index (χ1) is 10.2. The molecule has 1 N–H and O–H groups in total. The van der Waals surface area contributed by atoms with Gasteiger partial charge in [0.25, 0.3) is 0 Å². The standard InChI is InChI=1S/C18H20ClNO/c1-12-4-3-5-13(8-12)14-9-16(10-14)20-17-11-15(19)6-7-18(17)21-2/h3-8,11,14,16,20H,9-10H2,1-2H3. The topological polar surface area (TPSA) is 21.3 Å². The number of ether oxygens (including phenoxy) is 1. The third-order valence-corrected chi connectivity index (χ3v) is 4.41. The molecular formula is C18H20ClNO. The van der Waals surface area contributed by atoms with Crippen LogP contribution in [0.25, 0.3) is 0 Å². The Morgan fingerprint density at radius 1 is 1.14 bits per heavy atom. The third-order valence-electron chi connectivity index (χ3n) is 4.17. The first-order valence-corrected chi connectivity index (χ1v) is 7.70. The van der Waals surface area contributed by atoms with E-state index in [9.17, 15) is 0 Å². The summed E-state index contributed by atoms with van der Waals surface area (Å²) in [5, 5.41) is 4.27. The van der Waals surface area contributed by atoms with Crippen LogP contribution in [0, 0.1) is 6.92 Å². The quantitative estimate of drug-likeness (QED) is 0.856. The Hall–Kier alpha value is -1.67. The van der Waals surface area contributed by atoms with Gasteiger partial charge in [-0.05, 0) is 49.4 Å². The summed E-state index contributed by atoms with van der Waals surface area (Å²) < 4.78 is 5.38. The van der Waals surface area contributed by atoms with Gasteiger partial charge in [0.2, 0.25) is 0 Å². The summed E-state index contributed by atoms with van der Waals surface area (Å²) in [7, 11) is 1.69. The van der Waals surface area contributed by atoms with E-state index in [4.69, 9.17) is 16.3 Å². The monoisotopic (exact) mass is 301 g/mol. The molecule has 0 unspecified atom stereocenters. The highest BCUT2D eigenvalue weighted by molar-refractivity contribution is 6.30. The largest absolute Gasteiger partial charge is 0.495 e. The zero-order valence-corrected chi connectivity index (χ0v) is 13.2. The molecule has 1 fully saturated rings. The van der Waals surface area contributed by atoms with E-state index in [1.165, 1.54) is 11.1 Å². The summed E-state index contributed by atoms with van der Waals surface area (Å²) in [5.74, 6) is 1.51. The smallest absolute Gasteiger partial charge is 0.142 e. The number of rotatable bonds is 4. The van der Waals surface area contributed by atoms with Gasteiger partial charge >= 0.3 is 0 Å². The second-order valence-electron chi connectivity index (χ2n) is 5.77.